The van der Waals surface area contributed by atoms with E-state index in [9.17, 15) is 9.59 Å². The number of rotatable bonds is 4. The lowest BCUT2D eigenvalue weighted by Gasteiger charge is -2.06. The molecule has 0 aliphatic heterocycles. The van der Waals surface area contributed by atoms with Crippen LogP contribution in [0.4, 0.5) is 0 Å². The summed E-state index contributed by atoms with van der Waals surface area (Å²) in [5.74, 6) is -1.73. The smallest absolute Gasteiger partial charge is 0.308 e. The van der Waals surface area contributed by atoms with Gasteiger partial charge in [-0.1, -0.05) is 6.92 Å². The highest BCUT2D eigenvalue weighted by Crippen LogP contribution is 2.00. The third-order valence-electron chi connectivity index (χ3n) is 2.08. The number of carbonyl (C=O) groups is 2. The summed E-state index contributed by atoms with van der Waals surface area (Å²) in [6.07, 6.45) is 3.44. The second-order valence-corrected chi connectivity index (χ2v) is 3.51. The Bertz CT molecular complexity index is 370. The maximum Gasteiger partial charge on any atom is 0.308 e. The number of carbonyl (C=O) groups excluding carboxylic acids is 1. The Morgan fingerprint density at radius 1 is 1.60 bits per heavy atom. The molecule has 1 aromatic rings. The number of aromatic nitrogens is 1. The van der Waals surface area contributed by atoms with Crippen LogP contribution in [-0.4, -0.2) is 28.1 Å². The molecule has 0 aliphatic rings. The van der Waals surface area contributed by atoms with Crippen molar-refractivity contribution < 1.29 is 14.7 Å². The van der Waals surface area contributed by atoms with Gasteiger partial charge in [0, 0.05) is 26.0 Å². The molecule has 0 saturated carbocycles. The van der Waals surface area contributed by atoms with Crippen molar-refractivity contribution in [1.29, 1.82) is 0 Å². The monoisotopic (exact) mass is 210 g/mol. The van der Waals surface area contributed by atoms with Crippen LogP contribution in [0.5, 0.6) is 0 Å². The van der Waals surface area contributed by atoms with Crippen LogP contribution in [-0.2, 0) is 11.8 Å². The van der Waals surface area contributed by atoms with E-state index in [-0.39, 0.29) is 12.5 Å². The van der Waals surface area contributed by atoms with Gasteiger partial charge in [-0.15, -0.1) is 0 Å². The van der Waals surface area contributed by atoms with E-state index in [4.69, 9.17) is 5.11 Å². The molecule has 1 amide bonds. The minimum atomic E-state index is -0.914. The molecule has 0 aliphatic carbocycles. The van der Waals surface area contributed by atoms with Crippen LogP contribution >= 0.6 is 0 Å². The van der Waals surface area contributed by atoms with Gasteiger partial charge in [-0.2, -0.15) is 0 Å². The molecule has 15 heavy (non-hydrogen) atoms. The Labute approximate surface area is 87.7 Å². The van der Waals surface area contributed by atoms with Gasteiger partial charge in [0.25, 0.3) is 5.91 Å². The van der Waals surface area contributed by atoms with E-state index in [1.165, 1.54) is 0 Å². The van der Waals surface area contributed by atoms with E-state index >= 15 is 0 Å². The molecule has 0 aromatic carbocycles. The standard InChI is InChI=1S/C10H14N2O3/c1-7(10(14)15)5-11-9(13)8-3-4-12(2)6-8/h3-4,6-7H,5H2,1-2H3,(H,11,13)(H,14,15). The predicted octanol–water partition coefficient (Wildman–Crippen LogP) is 0.476. The highest BCUT2D eigenvalue weighted by molar-refractivity contribution is 5.94. The molecule has 1 aromatic heterocycles. The molecular weight excluding hydrogens is 196 g/mol. The minimum absolute atomic E-state index is 0.142. The quantitative estimate of drug-likeness (QED) is 0.759. The molecule has 5 nitrogen and oxygen atoms in total. The zero-order valence-electron chi connectivity index (χ0n) is 8.73. The summed E-state index contributed by atoms with van der Waals surface area (Å²) in [5, 5.41) is 11.2. The van der Waals surface area contributed by atoms with E-state index in [1.54, 1.807) is 30.0 Å². The van der Waals surface area contributed by atoms with Crippen molar-refractivity contribution >= 4 is 11.9 Å². The number of nitrogens with one attached hydrogen (secondary N) is 1. The molecule has 82 valence electrons. The van der Waals surface area contributed by atoms with Gasteiger partial charge in [0.05, 0.1) is 11.5 Å². The van der Waals surface area contributed by atoms with Crippen LogP contribution in [0.1, 0.15) is 17.3 Å². The first-order valence-electron chi connectivity index (χ1n) is 4.63. The van der Waals surface area contributed by atoms with E-state index in [0.29, 0.717) is 5.56 Å². The molecule has 0 fully saturated rings. The summed E-state index contributed by atoms with van der Waals surface area (Å²) in [7, 11) is 1.82. The number of carboxylic acid groups (broad SMARTS) is 1. The maximum absolute atomic E-state index is 11.5. The van der Waals surface area contributed by atoms with Gasteiger partial charge in [-0.3, -0.25) is 9.59 Å². The molecule has 2 N–H and O–H groups in total. The van der Waals surface area contributed by atoms with Crippen molar-refractivity contribution in [2.24, 2.45) is 13.0 Å². The molecule has 1 unspecified atom stereocenters. The molecule has 5 heteroatoms. The fourth-order valence-corrected chi connectivity index (χ4v) is 1.07. The van der Waals surface area contributed by atoms with Crippen molar-refractivity contribution in [3.63, 3.8) is 0 Å². The number of carboxylic acids is 1. The van der Waals surface area contributed by atoms with E-state index in [2.05, 4.69) is 5.32 Å². The number of nitrogens with zero attached hydrogens (tertiary/aromatic N) is 1. The summed E-state index contributed by atoms with van der Waals surface area (Å²) in [5.41, 5.74) is 0.537. The second kappa shape index (κ2) is 4.63. The number of hydrogen-bond donors (Lipinski definition) is 2. The van der Waals surface area contributed by atoms with Crippen LogP contribution in [0.25, 0.3) is 0 Å². The number of hydrogen-bond acceptors (Lipinski definition) is 2. The third-order valence-corrected chi connectivity index (χ3v) is 2.08. The first-order valence-corrected chi connectivity index (χ1v) is 4.63. The van der Waals surface area contributed by atoms with Gasteiger partial charge < -0.3 is 15.0 Å². The molecule has 0 bridgehead atoms. The molecular formula is C10H14N2O3. The largest absolute Gasteiger partial charge is 0.481 e. The molecule has 1 heterocycles. The number of amides is 1. The highest BCUT2D eigenvalue weighted by atomic mass is 16.4. The fourth-order valence-electron chi connectivity index (χ4n) is 1.07. The molecule has 0 saturated heterocycles. The number of aryl methyl sites for hydroxylation is 1. The van der Waals surface area contributed by atoms with E-state index < -0.39 is 11.9 Å². The van der Waals surface area contributed by atoms with Crippen LogP contribution < -0.4 is 5.32 Å². The average Bonchev–Trinajstić information content (AvgIpc) is 2.60. The van der Waals surface area contributed by atoms with Gasteiger partial charge in [-0.05, 0) is 6.07 Å². The first-order chi connectivity index (χ1) is 7.00. The molecule has 1 atom stereocenters. The Hall–Kier alpha value is -1.78. The summed E-state index contributed by atoms with van der Waals surface area (Å²) in [4.78, 5) is 22.0. The van der Waals surface area contributed by atoms with Gasteiger partial charge >= 0.3 is 5.97 Å². The Kier molecular flexibility index (Phi) is 3.49. The topological polar surface area (TPSA) is 71.3 Å². The zero-order chi connectivity index (χ0) is 11.4. The lowest BCUT2D eigenvalue weighted by atomic mass is 10.2. The third kappa shape index (κ3) is 3.12. The SMILES string of the molecule is CC(CNC(=O)c1ccn(C)c1)C(=O)O. The van der Waals surface area contributed by atoms with Crippen molar-refractivity contribution in [3.8, 4) is 0 Å². The van der Waals surface area contributed by atoms with Gasteiger partial charge in [0.15, 0.2) is 0 Å². The van der Waals surface area contributed by atoms with Crippen LogP contribution in [0.15, 0.2) is 18.5 Å². The predicted molar refractivity (Wildman–Crippen MR) is 54.5 cm³/mol. The fraction of sp³-hybridized carbons (Fsp3) is 0.400. The van der Waals surface area contributed by atoms with Gasteiger partial charge in [-0.25, -0.2) is 0 Å². The van der Waals surface area contributed by atoms with Crippen molar-refractivity contribution in [2.75, 3.05) is 6.54 Å². The van der Waals surface area contributed by atoms with Crippen molar-refractivity contribution in [2.45, 2.75) is 6.92 Å². The molecule has 1 rings (SSSR count). The van der Waals surface area contributed by atoms with E-state index in [0.717, 1.165) is 0 Å². The normalized spacial score (nSPS) is 12.1. The highest BCUT2D eigenvalue weighted by Gasteiger charge is 2.13. The summed E-state index contributed by atoms with van der Waals surface area (Å²) in [6, 6.07) is 1.68. The van der Waals surface area contributed by atoms with Crippen molar-refractivity contribution in [1.82, 2.24) is 9.88 Å². The lowest BCUT2D eigenvalue weighted by molar-refractivity contribution is -0.140. The van der Waals surface area contributed by atoms with Crippen LogP contribution in [0.3, 0.4) is 0 Å². The molecule has 0 spiro atoms. The first kappa shape index (κ1) is 11.3. The summed E-state index contributed by atoms with van der Waals surface area (Å²) < 4.78 is 1.76. The minimum Gasteiger partial charge on any atom is -0.481 e. The van der Waals surface area contributed by atoms with Crippen molar-refractivity contribution in [3.05, 3.63) is 24.0 Å². The van der Waals surface area contributed by atoms with Crippen LogP contribution in [0, 0.1) is 5.92 Å². The molecule has 0 radical (unpaired) electrons. The Balaban J connectivity index is 2.47. The number of aliphatic carboxylic acids is 1. The van der Waals surface area contributed by atoms with Gasteiger partial charge in [0.1, 0.15) is 0 Å². The van der Waals surface area contributed by atoms with E-state index in [1.807, 2.05) is 7.05 Å². The Morgan fingerprint density at radius 2 is 2.27 bits per heavy atom. The Morgan fingerprint density at radius 3 is 2.73 bits per heavy atom. The maximum atomic E-state index is 11.5. The van der Waals surface area contributed by atoms with Gasteiger partial charge in [0.2, 0.25) is 0 Å². The second-order valence-electron chi connectivity index (χ2n) is 3.51. The average molecular weight is 210 g/mol. The lowest BCUT2D eigenvalue weighted by Crippen LogP contribution is -2.31. The zero-order valence-corrected chi connectivity index (χ0v) is 8.73. The van der Waals surface area contributed by atoms with Crippen LogP contribution in [0.2, 0.25) is 0 Å². The summed E-state index contributed by atoms with van der Waals surface area (Å²) >= 11 is 0. The summed E-state index contributed by atoms with van der Waals surface area (Å²) in [6.45, 7) is 1.69.